The van der Waals surface area contributed by atoms with Crippen molar-refractivity contribution in [3.63, 3.8) is 0 Å². The SMILES string of the molecule is Cc1ccccc1CSc1nc2n(n1)[C@@H](c1cccs1)C1=C(CC(C)(C)CC1=O)N2. The Morgan fingerprint density at radius 2 is 2.07 bits per heavy atom. The molecule has 154 valence electrons. The molecule has 5 nitrogen and oxygen atoms in total. The van der Waals surface area contributed by atoms with Gasteiger partial charge >= 0.3 is 0 Å². The van der Waals surface area contributed by atoms with Gasteiger partial charge in [-0.1, -0.05) is 55.9 Å². The van der Waals surface area contributed by atoms with Crippen molar-refractivity contribution in [2.24, 2.45) is 5.41 Å². The maximum absolute atomic E-state index is 13.2. The molecule has 3 aromatic rings. The van der Waals surface area contributed by atoms with E-state index >= 15 is 0 Å². The Hall–Kier alpha value is -2.38. The summed E-state index contributed by atoms with van der Waals surface area (Å²) in [5.74, 6) is 1.76. The minimum atomic E-state index is -0.194. The quantitative estimate of drug-likeness (QED) is 0.540. The van der Waals surface area contributed by atoms with Gasteiger partial charge in [-0.25, -0.2) is 4.68 Å². The molecule has 0 amide bonds. The average Bonchev–Trinajstić information content (AvgIpc) is 3.34. The second-order valence-corrected chi connectivity index (χ2v) is 10.7. The third-order valence-electron chi connectivity index (χ3n) is 5.74. The van der Waals surface area contributed by atoms with Gasteiger partial charge in [0.15, 0.2) is 5.78 Å². The van der Waals surface area contributed by atoms with E-state index in [2.05, 4.69) is 61.8 Å². The topological polar surface area (TPSA) is 59.8 Å². The van der Waals surface area contributed by atoms with Crippen LogP contribution in [0.25, 0.3) is 0 Å². The number of nitrogens with zero attached hydrogens (tertiary/aromatic N) is 3. The first-order valence-corrected chi connectivity index (χ1v) is 12.0. The van der Waals surface area contributed by atoms with Crippen LogP contribution in [-0.4, -0.2) is 20.5 Å². The van der Waals surface area contributed by atoms with Crippen molar-refractivity contribution < 1.29 is 4.79 Å². The molecule has 0 fully saturated rings. The van der Waals surface area contributed by atoms with Crippen LogP contribution in [0.4, 0.5) is 5.95 Å². The summed E-state index contributed by atoms with van der Waals surface area (Å²) in [6, 6.07) is 12.3. The second-order valence-electron chi connectivity index (χ2n) is 8.75. The number of thioether (sulfide) groups is 1. The van der Waals surface area contributed by atoms with Crippen molar-refractivity contribution in [3.05, 3.63) is 69.1 Å². The summed E-state index contributed by atoms with van der Waals surface area (Å²) in [5.41, 5.74) is 4.36. The summed E-state index contributed by atoms with van der Waals surface area (Å²) in [6.45, 7) is 6.43. The van der Waals surface area contributed by atoms with E-state index in [0.29, 0.717) is 6.42 Å². The molecule has 0 saturated heterocycles. The van der Waals surface area contributed by atoms with E-state index in [1.807, 2.05) is 10.7 Å². The Morgan fingerprint density at radius 3 is 2.83 bits per heavy atom. The molecule has 1 N–H and O–H groups in total. The number of carbonyl (C=O) groups excluding carboxylic acids is 1. The van der Waals surface area contributed by atoms with Crippen LogP contribution in [0.3, 0.4) is 0 Å². The molecule has 2 aromatic heterocycles. The van der Waals surface area contributed by atoms with Crippen molar-refractivity contribution in [2.45, 2.75) is 50.6 Å². The standard InChI is InChI=1S/C23H24N4OS2/c1-14-7-4-5-8-15(14)13-30-22-25-21-24-16-11-23(2,3)12-17(28)19(16)20(27(21)26-22)18-9-6-10-29-18/h4-10,20H,11-13H2,1-3H3,(H,24,25,26)/t20-/m0/s1. The maximum Gasteiger partial charge on any atom is 0.227 e. The molecule has 1 aliphatic heterocycles. The lowest BCUT2D eigenvalue weighted by molar-refractivity contribution is -0.118. The highest BCUT2D eigenvalue weighted by atomic mass is 32.2. The highest BCUT2D eigenvalue weighted by Crippen LogP contribution is 2.46. The van der Waals surface area contributed by atoms with Crippen molar-refractivity contribution in [1.82, 2.24) is 14.8 Å². The van der Waals surface area contributed by atoms with Crippen LogP contribution >= 0.6 is 23.1 Å². The van der Waals surface area contributed by atoms with Crippen molar-refractivity contribution in [3.8, 4) is 0 Å². The number of thiophene rings is 1. The number of ketones is 1. The summed E-state index contributed by atoms with van der Waals surface area (Å²) >= 11 is 3.29. The second kappa shape index (κ2) is 7.39. The number of fused-ring (bicyclic) bond motifs is 1. The van der Waals surface area contributed by atoms with E-state index in [1.165, 1.54) is 11.1 Å². The first-order valence-electron chi connectivity index (χ1n) is 10.1. The number of carbonyl (C=O) groups is 1. The Morgan fingerprint density at radius 1 is 1.23 bits per heavy atom. The molecular weight excluding hydrogens is 412 g/mol. The summed E-state index contributed by atoms with van der Waals surface area (Å²) in [5, 5.41) is 11.1. The van der Waals surface area contributed by atoms with Crippen molar-refractivity contribution in [1.29, 1.82) is 0 Å². The third kappa shape index (κ3) is 3.50. The first-order chi connectivity index (χ1) is 14.4. The molecule has 1 aromatic carbocycles. The van der Waals surface area contributed by atoms with Gasteiger partial charge < -0.3 is 5.32 Å². The predicted molar refractivity (Wildman–Crippen MR) is 122 cm³/mol. The van der Waals surface area contributed by atoms with Crippen LogP contribution in [0.2, 0.25) is 0 Å². The monoisotopic (exact) mass is 436 g/mol. The highest BCUT2D eigenvalue weighted by Gasteiger charge is 2.42. The van der Waals surface area contributed by atoms with Crippen molar-refractivity contribution >= 4 is 34.8 Å². The van der Waals surface area contributed by atoms with E-state index in [4.69, 9.17) is 10.1 Å². The Bertz CT molecular complexity index is 1140. The molecule has 2 aliphatic rings. The van der Waals surface area contributed by atoms with E-state index in [-0.39, 0.29) is 17.2 Å². The van der Waals surface area contributed by atoms with E-state index in [0.717, 1.165) is 39.4 Å². The van der Waals surface area contributed by atoms with Gasteiger partial charge in [0.1, 0.15) is 6.04 Å². The van der Waals surface area contributed by atoms with Gasteiger partial charge in [-0.15, -0.1) is 16.4 Å². The zero-order valence-corrected chi connectivity index (χ0v) is 18.9. The fourth-order valence-electron chi connectivity index (χ4n) is 4.27. The minimum absolute atomic E-state index is 0.0481. The maximum atomic E-state index is 13.2. The zero-order valence-electron chi connectivity index (χ0n) is 17.3. The van der Waals surface area contributed by atoms with Gasteiger partial charge in [0.25, 0.3) is 0 Å². The number of rotatable bonds is 4. The molecule has 30 heavy (non-hydrogen) atoms. The van der Waals surface area contributed by atoms with Gasteiger partial charge in [0.05, 0.1) is 0 Å². The Balaban J connectivity index is 1.51. The van der Waals surface area contributed by atoms with E-state index in [1.54, 1.807) is 23.1 Å². The molecule has 5 rings (SSSR count). The zero-order chi connectivity index (χ0) is 20.9. The molecule has 7 heteroatoms. The lowest BCUT2D eigenvalue weighted by atomic mass is 9.73. The molecule has 0 bridgehead atoms. The van der Waals surface area contributed by atoms with Crippen LogP contribution in [0.1, 0.15) is 48.7 Å². The fraction of sp³-hybridized carbons (Fsp3) is 0.348. The van der Waals surface area contributed by atoms with Crippen LogP contribution < -0.4 is 5.32 Å². The van der Waals surface area contributed by atoms with Crippen molar-refractivity contribution in [2.75, 3.05) is 5.32 Å². The Labute approximate surface area is 184 Å². The minimum Gasteiger partial charge on any atom is -0.328 e. The van der Waals surface area contributed by atoms with Crippen LogP contribution in [0.5, 0.6) is 0 Å². The van der Waals surface area contributed by atoms with E-state index < -0.39 is 0 Å². The largest absolute Gasteiger partial charge is 0.328 e. The van der Waals surface area contributed by atoms with Crippen LogP contribution in [0, 0.1) is 12.3 Å². The number of benzene rings is 1. The number of aryl methyl sites for hydroxylation is 1. The lowest BCUT2D eigenvalue weighted by Gasteiger charge is -2.37. The van der Waals surface area contributed by atoms with Crippen LogP contribution in [0.15, 0.2) is 58.2 Å². The number of aromatic nitrogens is 3. The van der Waals surface area contributed by atoms with Gasteiger partial charge in [0.2, 0.25) is 11.1 Å². The molecule has 0 saturated carbocycles. The number of hydrogen-bond donors (Lipinski definition) is 1. The number of allylic oxidation sites excluding steroid dienone is 2. The van der Waals surface area contributed by atoms with Gasteiger partial charge in [0, 0.05) is 28.3 Å². The third-order valence-corrected chi connectivity index (χ3v) is 7.55. The average molecular weight is 437 g/mol. The molecule has 1 atom stereocenters. The molecule has 0 unspecified atom stereocenters. The van der Waals surface area contributed by atoms with Gasteiger partial charge in [-0.3, -0.25) is 4.79 Å². The number of hydrogen-bond acceptors (Lipinski definition) is 6. The normalized spacial score (nSPS) is 20.0. The molecule has 3 heterocycles. The fourth-order valence-corrected chi connectivity index (χ4v) is 6.00. The number of nitrogens with one attached hydrogen (secondary N) is 1. The summed E-state index contributed by atoms with van der Waals surface area (Å²) in [6.07, 6.45) is 1.41. The van der Waals surface area contributed by atoms with Gasteiger partial charge in [-0.05, 0) is 41.3 Å². The summed E-state index contributed by atoms with van der Waals surface area (Å²) in [7, 11) is 0. The van der Waals surface area contributed by atoms with Crippen LogP contribution in [-0.2, 0) is 10.5 Å². The summed E-state index contributed by atoms with van der Waals surface area (Å²) < 4.78 is 1.90. The molecular formula is C23H24N4OS2. The summed E-state index contributed by atoms with van der Waals surface area (Å²) in [4.78, 5) is 19.1. The predicted octanol–water partition coefficient (Wildman–Crippen LogP) is 5.60. The highest BCUT2D eigenvalue weighted by molar-refractivity contribution is 7.98. The lowest BCUT2D eigenvalue weighted by Crippen LogP contribution is -2.36. The Kier molecular flexibility index (Phi) is 4.82. The van der Waals surface area contributed by atoms with E-state index in [9.17, 15) is 4.79 Å². The smallest absolute Gasteiger partial charge is 0.227 e. The first kappa shape index (κ1) is 19.6. The molecule has 0 spiro atoms. The van der Waals surface area contributed by atoms with Gasteiger partial charge in [-0.2, -0.15) is 4.98 Å². The number of anilines is 1. The molecule has 0 radical (unpaired) electrons. The molecule has 1 aliphatic carbocycles. The number of Topliss-reactive ketones (excluding diaryl/α,β-unsaturated/α-hetero) is 1.